The van der Waals surface area contributed by atoms with Gasteiger partial charge in [0.15, 0.2) is 0 Å². The van der Waals surface area contributed by atoms with E-state index in [0.717, 1.165) is 19.1 Å². The lowest BCUT2D eigenvalue weighted by Crippen LogP contribution is -2.35. The maximum atomic E-state index is 12.0. The van der Waals surface area contributed by atoms with Crippen LogP contribution in [0.15, 0.2) is 24.3 Å². The number of halogens is 1. The van der Waals surface area contributed by atoms with Gasteiger partial charge in [-0.25, -0.2) is 8.42 Å². The van der Waals surface area contributed by atoms with E-state index in [2.05, 4.69) is 6.92 Å². The Morgan fingerprint density at radius 1 is 1.18 bits per heavy atom. The number of hydrogen-bond donors (Lipinski definition) is 0. The number of benzene rings is 1. The first-order chi connectivity index (χ1) is 10.3. The SMILES string of the molecule is CCCCN(C)C(=O)CCN(c1ccc(Cl)cc1)S(C)(=O)=O. The molecule has 5 nitrogen and oxygen atoms in total. The normalized spacial score (nSPS) is 11.3. The van der Waals surface area contributed by atoms with Crippen molar-refractivity contribution in [1.82, 2.24) is 4.90 Å². The standard InChI is InChI=1S/C15H23ClN2O3S/c1-4-5-11-17(2)15(19)10-12-18(22(3,20)21)14-8-6-13(16)7-9-14/h6-9H,4-5,10-12H2,1-3H3. The van der Waals surface area contributed by atoms with E-state index in [1.54, 1.807) is 36.2 Å². The van der Waals surface area contributed by atoms with Gasteiger partial charge in [0.1, 0.15) is 0 Å². The topological polar surface area (TPSA) is 57.7 Å². The molecule has 124 valence electrons. The molecule has 1 rings (SSSR count). The van der Waals surface area contributed by atoms with E-state index in [9.17, 15) is 13.2 Å². The zero-order valence-corrected chi connectivity index (χ0v) is 14.8. The van der Waals surface area contributed by atoms with Gasteiger partial charge in [0.25, 0.3) is 0 Å². The van der Waals surface area contributed by atoms with Crippen molar-refractivity contribution in [2.45, 2.75) is 26.2 Å². The Hall–Kier alpha value is -1.27. The van der Waals surface area contributed by atoms with Crippen molar-refractivity contribution in [3.63, 3.8) is 0 Å². The van der Waals surface area contributed by atoms with Gasteiger partial charge in [-0.1, -0.05) is 24.9 Å². The van der Waals surface area contributed by atoms with E-state index < -0.39 is 10.0 Å². The van der Waals surface area contributed by atoms with Gasteiger partial charge in [-0.15, -0.1) is 0 Å². The molecule has 0 aromatic heterocycles. The fourth-order valence-corrected chi connectivity index (χ4v) is 3.06. The maximum absolute atomic E-state index is 12.0. The van der Waals surface area contributed by atoms with E-state index >= 15 is 0 Å². The summed E-state index contributed by atoms with van der Waals surface area (Å²) in [5.74, 6) is -0.0592. The monoisotopic (exact) mass is 346 g/mol. The third kappa shape index (κ3) is 5.85. The average Bonchev–Trinajstić information content (AvgIpc) is 2.45. The van der Waals surface area contributed by atoms with Crippen LogP contribution in [0.25, 0.3) is 0 Å². The molecule has 0 saturated heterocycles. The van der Waals surface area contributed by atoms with E-state index in [1.807, 2.05) is 0 Å². The van der Waals surface area contributed by atoms with Crippen LogP contribution in [0.5, 0.6) is 0 Å². The van der Waals surface area contributed by atoms with Crippen LogP contribution >= 0.6 is 11.6 Å². The Bertz CT molecular complexity index is 587. The molecule has 0 atom stereocenters. The number of nitrogens with zero attached hydrogens (tertiary/aromatic N) is 2. The molecule has 0 spiro atoms. The first kappa shape index (κ1) is 18.8. The Morgan fingerprint density at radius 3 is 2.27 bits per heavy atom. The number of carbonyl (C=O) groups is 1. The summed E-state index contributed by atoms with van der Waals surface area (Å²) in [6.45, 7) is 2.87. The highest BCUT2D eigenvalue weighted by atomic mass is 35.5. The molecule has 0 bridgehead atoms. The average molecular weight is 347 g/mol. The van der Waals surface area contributed by atoms with Gasteiger partial charge in [-0.2, -0.15) is 0 Å². The van der Waals surface area contributed by atoms with Crippen LogP contribution in [0.3, 0.4) is 0 Å². The quantitative estimate of drug-likeness (QED) is 0.727. The zero-order chi connectivity index (χ0) is 16.8. The van der Waals surface area contributed by atoms with Crippen LogP contribution in [0.4, 0.5) is 5.69 Å². The molecule has 22 heavy (non-hydrogen) atoms. The van der Waals surface area contributed by atoms with Crippen LogP contribution in [-0.2, 0) is 14.8 Å². The van der Waals surface area contributed by atoms with Gasteiger partial charge < -0.3 is 4.90 Å². The summed E-state index contributed by atoms with van der Waals surface area (Å²) < 4.78 is 25.1. The molecule has 0 unspecified atom stereocenters. The van der Waals surface area contributed by atoms with Crippen LogP contribution in [-0.4, -0.2) is 45.6 Å². The van der Waals surface area contributed by atoms with E-state index in [4.69, 9.17) is 11.6 Å². The van der Waals surface area contributed by atoms with Crippen LogP contribution in [0.1, 0.15) is 26.2 Å². The van der Waals surface area contributed by atoms with Crippen molar-refractivity contribution in [2.24, 2.45) is 0 Å². The van der Waals surface area contributed by atoms with Gasteiger partial charge in [0, 0.05) is 31.6 Å². The Labute approximate surface area is 137 Å². The minimum absolute atomic E-state index is 0.0592. The van der Waals surface area contributed by atoms with Crippen molar-refractivity contribution in [2.75, 3.05) is 30.7 Å². The lowest BCUT2D eigenvalue weighted by atomic mass is 10.3. The van der Waals surface area contributed by atoms with Crippen molar-refractivity contribution in [3.8, 4) is 0 Å². The van der Waals surface area contributed by atoms with Crippen molar-refractivity contribution in [3.05, 3.63) is 29.3 Å². The molecule has 7 heteroatoms. The van der Waals surface area contributed by atoms with Crippen molar-refractivity contribution < 1.29 is 13.2 Å². The smallest absolute Gasteiger partial charge is 0.232 e. The first-order valence-corrected chi connectivity index (χ1v) is 9.45. The summed E-state index contributed by atoms with van der Waals surface area (Å²) >= 11 is 5.82. The Kier molecular flexibility index (Phi) is 7.16. The molecule has 0 radical (unpaired) electrons. The number of sulfonamides is 1. The second-order valence-corrected chi connectivity index (χ2v) is 7.57. The van der Waals surface area contributed by atoms with E-state index in [1.165, 1.54) is 4.31 Å². The molecule has 0 saturated carbocycles. The number of unbranched alkanes of at least 4 members (excludes halogenated alkanes) is 1. The summed E-state index contributed by atoms with van der Waals surface area (Å²) in [6.07, 6.45) is 3.23. The molecular weight excluding hydrogens is 324 g/mol. The molecule has 1 aromatic carbocycles. The van der Waals surface area contributed by atoms with Crippen molar-refractivity contribution in [1.29, 1.82) is 0 Å². The second-order valence-electron chi connectivity index (χ2n) is 5.23. The molecule has 0 aliphatic rings. The molecular formula is C15H23ClN2O3S. The van der Waals surface area contributed by atoms with Gasteiger partial charge in [0.05, 0.1) is 11.9 Å². The highest BCUT2D eigenvalue weighted by molar-refractivity contribution is 7.92. The summed E-state index contributed by atoms with van der Waals surface area (Å²) in [5.41, 5.74) is 0.510. The van der Waals surface area contributed by atoms with Gasteiger partial charge >= 0.3 is 0 Å². The molecule has 1 aromatic rings. The van der Waals surface area contributed by atoms with Crippen LogP contribution < -0.4 is 4.31 Å². The zero-order valence-electron chi connectivity index (χ0n) is 13.3. The predicted molar refractivity (Wildman–Crippen MR) is 90.8 cm³/mol. The number of anilines is 1. The maximum Gasteiger partial charge on any atom is 0.232 e. The predicted octanol–water partition coefficient (Wildman–Crippen LogP) is 2.75. The number of amides is 1. The molecule has 0 N–H and O–H groups in total. The van der Waals surface area contributed by atoms with E-state index in [-0.39, 0.29) is 18.9 Å². The summed E-state index contributed by atoms with van der Waals surface area (Å²) in [5, 5.41) is 0.535. The molecule has 0 fully saturated rings. The van der Waals surface area contributed by atoms with E-state index in [0.29, 0.717) is 17.3 Å². The fourth-order valence-electron chi connectivity index (χ4n) is 2.00. The Balaban J connectivity index is 2.76. The van der Waals surface area contributed by atoms with Crippen LogP contribution in [0.2, 0.25) is 5.02 Å². The minimum atomic E-state index is -3.45. The number of rotatable bonds is 8. The third-order valence-corrected chi connectivity index (χ3v) is 4.76. The third-order valence-electron chi connectivity index (χ3n) is 3.32. The Morgan fingerprint density at radius 2 is 1.77 bits per heavy atom. The van der Waals surface area contributed by atoms with Crippen molar-refractivity contribution >= 4 is 33.2 Å². The van der Waals surface area contributed by atoms with Crippen LogP contribution in [0, 0.1) is 0 Å². The summed E-state index contributed by atoms with van der Waals surface area (Å²) in [4.78, 5) is 13.7. The molecule has 1 amide bonds. The molecule has 0 aliphatic carbocycles. The minimum Gasteiger partial charge on any atom is -0.346 e. The highest BCUT2D eigenvalue weighted by Gasteiger charge is 2.19. The second kappa shape index (κ2) is 8.39. The lowest BCUT2D eigenvalue weighted by Gasteiger charge is -2.24. The summed E-state index contributed by atoms with van der Waals surface area (Å²) in [7, 11) is -1.71. The summed E-state index contributed by atoms with van der Waals surface area (Å²) in [6, 6.07) is 6.53. The highest BCUT2D eigenvalue weighted by Crippen LogP contribution is 2.20. The number of carbonyl (C=O) groups excluding carboxylic acids is 1. The lowest BCUT2D eigenvalue weighted by molar-refractivity contribution is -0.129. The first-order valence-electron chi connectivity index (χ1n) is 7.23. The van der Waals surface area contributed by atoms with Gasteiger partial charge in [-0.3, -0.25) is 9.10 Å². The largest absolute Gasteiger partial charge is 0.346 e. The van der Waals surface area contributed by atoms with Gasteiger partial charge in [0.2, 0.25) is 15.9 Å². The van der Waals surface area contributed by atoms with Gasteiger partial charge in [-0.05, 0) is 30.7 Å². The molecule has 0 heterocycles. The fraction of sp³-hybridized carbons (Fsp3) is 0.533. The molecule has 0 aliphatic heterocycles. The number of hydrogen-bond acceptors (Lipinski definition) is 3.